The van der Waals surface area contributed by atoms with E-state index >= 15 is 0 Å². The molecule has 2 aromatic heterocycles. The molecule has 9 rings (SSSR count). The van der Waals surface area contributed by atoms with E-state index in [1.165, 1.54) is 21.5 Å². The van der Waals surface area contributed by atoms with Gasteiger partial charge in [0.05, 0.1) is 27.8 Å². The number of rotatable bonds is 3. The van der Waals surface area contributed by atoms with Crippen molar-refractivity contribution < 1.29 is 8.83 Å². The third-order valence-corrected chi connectivity index (χ3v) is 8.23. The molecule has 0 aliphatic heterocycles. The Labute approximate surface area is 235 Å². The molecule has 0 amide bonds. The molecular formula is C38H23NO2. The first-order valence-electron chi connectivity index (χ1n) is 13.9. The summed E-state index contributed by atoms with van der Waals surface area (Å²) in [6.07, 6.45) is 0. The minimum absolute atomic E-state index is 0.864. The van der Waals surface area contributed by atoms with Crippen molar-refractivity contribution >= 4 is 82.5 Å². The fourth-order valence-corrected chi connectivity index (χ4v) is 6.49. The standard InChI is InChI=1S/C38H23NO2/c1-2-12-25-24(11-1)23-32(27-14-4-3-13-26(25)27)39(30-17-9-21-35-37(30)28-15-5-7-19-33(28)40-35)31-18-10-22-36-38(31)29-16-6-8-20-34(29)41-36/h1-23H. The molecule has 192 valence electrons. The molecule has 9 aromatic rings. The topological polar surface area (TPSA) is 29.5 Å². The Morgan fingerprint density at radius 1 is 0.341 bits per heavy atom. The monoisotopic (exact) mass is 525 g/mol. The van der Waals surface area contributed by atoms with Gasteiger partial charge in [-0.3, -0.25) is 0 Å². The normalized spacial score (nSPS) is 11.9. The molecule has 0 aliphatic rings. The van der Waals surface area contributed by atoms with Crippen LogP contribution >= 0.6 is 0 Å². The van der Waals surface area contributed by atoms with Crippen LogP contribution in [-0.4, -0.2) is 0 Å². The molecular weight excluding hydrogens is 502 g/mol. The maximum Gasteiger partial charge on any atom is 0.137 e. The Morgan fingerprint density at radius 3 is 1.41 bits per heavy atom. The van der Waals surface area contributed by atoms with Crippen molar-refractivity contribution in [2.24, 2.45) is 0 Å². The number of fused-ring (bicyclic) bond motifs is 9. The van der Waals surface area contributed by atoms with Gasteiger partial charge in [0.15, 0.2) is 0 Å². The average molecular weight is 526 g/mol. The van der Waals surface area contributed by atoms with Gasteiger partial charge in [-0.15, -0.1) is 0 Å². The Balaban J connectivity index is 1.49. The third kappa shape index (κ3) is 3.20. The van der Waals surface area contributed by atoms with Crippen LogP contribution in [0.1, 0.15) is 0 Å². The van der Waals surface area contributed by atoms with Crippen molar-refractivity contribution in [1.82, 2.24) is 0 Å². The predicted octanol–water partition coefficient (Wildman–Crippen LogP) is 11.3. The molecule has 0 saturated heterocycles. The van der Waals surface area contributed by atoms with E-state index in [2.05, 4.69) is 120 Å². The Kier molecular flexibility index (Phi) is 4.61. The van der Waals surface area contributed by atoms with Crippen LogP contribution in [0.5, 0.6) is 0 Å². The molecule has 0 aliphatic carbocycles. The first kappa shape index (κ1) is 22.3. The summed E-state index contributed by atoms with van der Waals surface area (Å²) in [6, 6.07) is 48.9. The van der Waals surface area contributed by atoms with Gasteiger partial charge in [-0.25, -0.2) is 0 Å². The number of anilines is 3. The molecule has 0 N–H and O–H groups in total. The lowest BCUT2D eigenvalue weighted by atomic mass is 9.98. The van der Waals surface area contributed by atoms with Crippen LogP contribution in [0, 0.1) is 0 Å². The van der Waals surface area contributed by atoms with E-state index in [1.807, 2.05) is 24.3 Å². The lowest BCUT2D eigenvalue weighted by Gasteiger charge is -2.28. The van der Waals surface area contributed by atoms with E-state index in [-0.39, 0.29) is 0 Å². The number of para-hydroxylation sites is 2. The van der Waals surface area contributed by atoms with Crippen molar-refractivity contribution in [3.05, 3.63) is 140 Å². The minimum atomic E-state index is 0.864. The van der Waals surface area contributed by atoms with Gasteiger partial charge in [0.25, 0.3) is 0 Å². The Hall–Kier alpha value is -5.54. The van der Waals surface area contributed by atoms with Gasteiger partial charge in [0, 0.05) is 16.2 Å². The molecule has 0 atom stereocenters. The highest BCUT2D eigenvalue weighted by Crippen LogP contribution is 2.49. The average Bonchev–Trinajstić information content (AvgIpc) is 3.60. The molecule has 0 bridgehead atoms. The maximum atomic E-state index is 6.37. The zero-order valence-electron chi connectivity index (χ0n) is 22.0. The van der Waals surface area contributed by atoms with Gasteiger partial charge in [-0.2, -0.15) is 0 Å². The van der Waals surface area contributed by atoms with E-state index in [0.29, 0.717) is 0 Å². The van der Waals surface area contributed by atoms with Crippen LogP contribution in [-0.2, 0) is 0 Å². The zero-order valence-corrected chi connectivity index (χ0v) is 22.0. The van der Waals surface area contributed by atoms with Gasteiger partial charge in [-0.05, 0) is 58.6 Å². The molecule has 0 fully saturated rings. The summed E-state index contributed by atoms with van der Waals surface area (Å²) < 4.78 is 12.7. The maximum absolute atomic E-state index is 6.37. The fourth-order valence-electron chi connectivity index (χ4n) is 6.49. The summed E-state index contributed by atoms with van der Waals surface area (Å²) in [5.74, 6) is 0. The van der Waals surface area contributed by atoms with Crippen LogP contribution in [0.15, 0.2) is 148 Å². The summed E-state index contributed by atoms with van der Waals surface area (Å²) in [4.78, 5) is 2.41. The van der Waals surface area contributed by atoms with Crippen molar-refractivity contribution in [3.63, 3.8) is 0 Å². The van der Waals surface area contributed by atoms with Crippen LogP contribution in [0.25, 0.3) is 65.4 Å². The molecule has 2 heterocycles. The van der Waals surface area contributed by atoms with Crippen molar-refractivity contribution in [2.45, 2.75) is 0 Å². The highest BCUT2D eigenvalue weighted by Gasteiger charge is 2.24. The highest BCUT2D eigenvalue weighted by molar-refractivity contribution is 6.21. The summed E-state index contributed by atoms with van der Waals surface area (Å²) in [5, 5.41) is 9.20. The second-order valence-corrected chi connectivity index (χ2v) is 10.5. The number of nitrogens with zero attached hydrogens (tertiary/aromatic N) is 1. The smallest absolute Gasteiger partial charge is 0.137 e. The van der Waals surface area contributed by atoms with Crippen LogP contribution in [0.2, 0.25) is 0 Å². The van der Waals surface area contributed by atoms with E-state index in [1.54, 1.807) is 0 Å². The third-order valence-electron chi connectivity index (χ3n) is 8.23. The Morgan fingerprint density at radius 2 is 0.805 bits per heavy atom. The summed E-state index contributed by atoms with van der Waals surface area (Å²) in [6.45, 7) is 0. The molecule has 0 saturated carbocycles. The summed E-state index contributed by atoms with van der Waals surface area (Å²) >= 11 is 0. The zero-order chi connectivity index (χ0) is 26.9. The van der Waals surface area contributed by atoms with Crippen molar-refractivity contribution in [3.8, 4) is 0 Å². The van der Waals surface area contributed by atoms with Crippen LogP contribution < -0.4 is 4.90 Å². The van der Waals surface area contributed by atoms with Gasteiger partial charge >= 0.3 is 0 Å². The van der Waals surface area contributed by atoms with Crippen molar-refractivity contribution in [2.75, 3.05) is 4.90 Å². The summed E-state index contributed by atoms with van der Waals surface area (Å²) in [7, 11) is 0. The molecule has 7 aromatic carbocycles. The molecule has 3 nitrogen and oxygen atoms in total. The van der Waals surface area contributed by atoms with Crippen LogP contribution in [0.4, 0.5) is 17.1 Å². The predicted molar refractivity (Wildman–Crippen MR) is 171 cm³/mol. The number of hydrogen-bond acceptors (Lipinski definition) is 3. The van der Waals surface area contributed by atoms with Gasteiger partial charge < -0.3 is 13.7 Å². The van der Waals surface area contributed by atoms with E-state index in [0.717, 1.165) is 60.9 Å². The summed E-state index contributed by atoms with van der Waals surface area (Å²) in [5.41, 5.74) is 6.72. The van der Waals surface area contributed by atoms with Gasteiger partial charge in [-0.1, -0.05) is 97.1 Å². The van der Waals surface area contributed by atoms with E-state index < -0.39 is 0 Å². The van der Waals surface area contributed by atoms with E-state index in [4.69, 9.17) is 8.83 Å². The Bertz CT molecular complexity index is 2330. The molecule has 3 heteroatoms. The van der Waals surface area contributed by atoms with E-state index in [9.17, 15) is 0 Å². The first-order valence-corrected chi connectivity index (χ1v) is 13.9. The minimum Gasteiger partial charge on any atom is -0.456 e. The number of hydrogen-bond donors (Lipinski definition) is 0. The largest absolute Gasteiger partial charge is 0.456 e. The number of benzene rings is 7. The van der Waals surface area contributed by atoms with Gasteiger partial charge in [0.2, 0.25) is 0 Å². The molecule has 0 radical (unpaired) electrons. The van der Waals surface area contributed by atoms with Crippen molar-refractivity contribution in [1.29, 1.82) is 0 Å². The molecule has 41 heavy (non-hydrogen) atoms. The first-order chi connectivity index (χ1) is 20.3. The highest BCUT2D eigenvalue weighted by atomic mass is 16.3. The number of furan rings is 2. The quantitative estimate of drug-likeness (QED) is 0.215. The lowest BCUT2D eigenvalue weighted by molar-refractivity contribution is 0.668. The SMILES string of the molecule is c1ccc2c(c1)cc(N(c1cccc3oc4ccccc4c13)c1cccc3oc4ccccc4c13)c1ccccc12. The molecule has 0 unspecified atom stereocenters. The van der Waals surface area contributed by atoms with Gasteiger partial charge in [0.1, 0.15) is 22.3 Å². The second-order valence-electron chi connectivity index (χ2n) is 10.5. The fraction of sp³-hybridized carbons (Fsp3) is 0. The second kappa shape index (κ2) is 8.48. The lowest BCUT2D eigenvalue weighted by Crippen LogP contribution is -2.11. The molecule has 0 spiro atoms. The van der Waals surface area contributed by atoms with Crippen LogP contribution in [0.3, 0.4) is 0 Å².